The van der Waals surface area contributed by atoms with E-state index in [0.717, 1.165) is 17.7 Å². The predicted octanol–water partition coefficient (Wildman–Crippen LogP) is 2.45. The number of carbonyl (C=O) groups excluding carboxylic acids is 1. The van der Waals surface area contributed by atoms with E-state index in [1.54, 1.807) is 23.1 Å². The van der Waals surface area contributed by atoms with Crippen LogP contribution in [-0.2, 0) is 11.2 Å². The van der Waals surface area contributed by atoms with E-state index in [-0.39, 0.29) is 24.2 Å². The highest BCUT2D eigenvalue weighted by atomic mass is 19.1. The largest absolute Gasteiger partial charge is 0.472 e. The van der Waals surface area contributed by atoms with Gasteiger partial charge in [0, 0.05) is 24.7 Å². The van der Waals surface area contributed by atoms with Crippen molar-refractivity contribution < 1.29 is 13.9 Å². The molecule has 0 radical (unpaired) electrons. The average Bonchev–Trinajstić information content (AvgIpc) is 2.97. The normalized spacial score (nSPS) is 17.1. The Morgan fingerprint density at radius 3 is 2.75 bits per heavy atom. The average molecular weight is 329 g/mol. The van der Waals surface area contributed by atoms with Crippen molar-refractivity contribution in [1.29, 1.82) is 0 Å². The highest BCUT2D eigenvalue weighted by molar-refractivity contribution is 5.79. The van der Waals surface area contributed by atoms with E-state index in [4.69, 9.17) is 4.74 Å². The second kappa shape index (κ2) is 6.95. The van der Waals surface area contributed by atoms with Gasteiger partial charge in [0.25, 0.3) is 0 Å². The fourth-order valence-corrected chi connectivity index (χ4v) is 2.85. The molecule has 126 valence electrons. The van der Waals surface area contributed by atoms with Gasteiger partial charge < -0.3 is 9.64 Å². The molecule has 1 aromatic carbocycles. The summed E-state index contributed by atoms with van der Waals surface area (Å²) in [6, 6.07) is 7.83. The minimum atomic E-state index is -0.295. The van der Waals surface area contributed by atoms with Crippen LogP contribution in [0, 0.1) is 19.7 Å². The molecule has 2 heterocycles. The highest BCUT2D eigenvalue weighted by Crippen LogP contribution is 2.18. The van der Waals surface area contributed by atoms with Gasteiger partial charge in [-0.1, -0.05) is 12.1 Å². The molecular formula is C18H20FN3O2. The summed E-state index contributed by atoms with van der Waals surface area (Å²) in [7, 11) is 0. The van der Waals surface area contributed by atoms with Crippen LogP contribution in [0.25, 0.3) is 0 Å². The predicted molar refractivity (Wildman–Crippen MR) is 87.2 cm³/mol. The van der Waals surface area contributed by atoms with Crippen LogP contribution in [0.15, 0.2) is 30.3 Å². The van der Waals surface area contributed by atoms with Crippen molar-refractivity contribution in [2.75, 3.05) is 13.1 Å². The Morgan fingerprint density at radius 2 is 2.04 bits per heavy atom. The van der Waals surface area contributed by atoms with Gasteiger partial charge in [0.1, 0.15) is 17.7 Å². The van der Waals surface area contributed by atoms with Gasteiger partial charge in [0.15, 0.2) is 0 Å². The van der Waals surface area contributed by atoms with Crippen LogP contribution in [0.5, 0.6) is 5.88 Å². The van der Waals surface area contributed by atoms with Crippen molar-refractivity contribution in [3.8, 4) is 5.88 Å². The van der Waals surface area contributed by atoms with Gasteiger partial charge in [0.2, 0.25) is 11.8 Å². The third-order valence-electron chi connectivity index (χ3n) is 4.00. The van der Waals surface area contributed by atoms with Crippen LogP contribution in [0.4, 0.5) is 4.39 Å². The minimum Gasteiger partial charge on any atom is -0.472 e. The number of hydrogen-bond donors (Lipinski definition) is 0. The van der Waals surface area contributed by atoms with Crippen molar-refractivity contribution in [2.45, 2.75) is 32.8 Å². The smallest absolute Gasteiger partial charge is 0.227 e. The summed E-state index contributed by atoms with van der Waals surface area (Å²) < 4.78 is 18.8. The van der Waals surface area contributed by atoms with Crippen LogP contribution >= 0.6 is 0 Å². The number of carbonyl (C=O) groups is 1. The van der Waals surface area contributed by atoms with Crippen molar-refractivity contribution in [2.24, 2.45) is 0 Å². The lowest BCUT2D eigenvalue weighted by Crippen LogP contribution is -2.32. The molecule has 24 heavy (non-hydrogen) atoms. The van der Waals surface area contributed by atoms with Gasteiger partial charge in [-0.15, -0.1) is 0 Å². The molecule has 6 heteroatoms. The molecule has 1 aliphatic heterocycles. The molecule has 2 aromatic rings. The Balaban J connectivity index is 1.56. The third kappa shape index (κ3) is 4.07. The van der Waals surface area contributed by atoms with Gasteiger partial charge in [0.05, 0.1) is 13.0 Å². The second-order valence-corrected chi connectivity index (χ2v) is 6.07. The van der Waals surface area contributed by atoms with Gasteiger partial charge in [-0.25, -0.2) is 9.37 Å². The van der Waals surface area contributed by atoms with E-state index in [2.05, 4.69) is 9.97 Å². The summed E-state index contributed by atoms with van der Waals surface area (Å²) in [5.74, 6) is 0.962. The van der Waals surface area contributed by atoms with E-state index in [9.17, 15) is 9.18 Å². The van der Waals surface area contributed by atoms with E-state index in [1.165, 1.54) is 12.1 Å². The Labute approximate surface area is 140 Å². The molecule has 0 N–H and O–H groups in total. The summed E-state index contributed by atoms with van der Waals surface area (Å²) in [6.07, 6.45) is 0.992. The van der Waals surface area contributed by atoms with Crippen LogP contribution < -0.4 is 4.74 Å². The molecule has 1 aromatic heterocycles. The number of nitrogens with zero attached hydrogens (tertiary/aromatic N) is 3. The van der Waals surface area contributed by atoms with E-state index < -0.39 is 0 Å². The number of halogens is 1. The standard InChI is InChI=1S/C18H20FN3O2/c1-12-9-17(21-13(2)20-12)24-16-7-8-22(11-16)18(23)10-14-3-5-15(19)6-4-14/h3-6,9,16H,7-8,10-11H2,1-2H3/t16-/m0/s1. The number of aryl methyl sites for hydroxylation is 2. The number of likely N-dealkylation sites (tertiary alicyclic amines) is 1. The number of benzene rings is 1. The first-order valence-electron chi connectivity index (χ1n) is 8.01. The highest BCUT2D eigenvalue weighted by Gasteiger charge is 2.28. The van der Waals surface area contributed by atoms with Crippen LogP contribution in [0.1, 0.15) is 23.5 Å². The second-order valence-electron chi connectivity index (χ2n) is 6.07. The van der Waals surface area contributed by atoms with Crippen LogP contribution in [0.2, 0.25) is 0 Å². The molecule has 3 rings (SSSR count). The molecule has 0 bridgehead atoms. The lowest BCUT2D eigenvalue weighted by Gasteiger charge is -2.17. The third-order valence-corrected chi connectivity index (χ3v) is 4.00. The first kappa shape index (κ1) is 16.4. The molecule has 0 saturated carbocycles. The summed E-state index contributed by atoms with van der Waals surface area (Å²) >= 11 is 0. The summed E-state index contributed by atoms with van der Waals surface area (Å²) in [5.41, 5.74) is 1.67. The number of hydrogen-bond acceptors (Lipinski definition) is 4. The summed E-state index contributed by atoms with van der Waals surface area (Å²) in [5, 5.41) is 0. The van der Waals surface area contributed by atoms with E-state index in [0.29, 0.717) is 24.8 Å². The number of rotatable bonds is 4. The maximum Gasteiger partial charge on any atom is 0.227 e. The molecule has 1 saturated heterocycles. The fraction of sp³-hybridized carbons (Fsp3) is 0.389. The quantitative estimate of drug-likeness (QED) is 0.865. The molecule has 1 aliphatic rings. The summed E-state index contributed by atoms with van der Waals surface area (Å²) in [6.45, 7) is 4.93. The molecule has 5 nitrogen and oxygen atoms in total. The van der Waals surface area contributed by atoms with Crippen molar-refractivity contribution in [1.82, 2.24) is 14.9 Å². The SMILES string of the molecule is Cc1cc(O[C@H]2CCN(C(=O)Cc3ccc(F)cc3)C2)nc(C)n1. The molecule has 0 aliphatic carbocycles. The molecule has 1 atom stereocenters. The number of amides is 1. The monoisotopic (exact) mass is 329 g/mol. The maximum absolute atomic E-state index is 12.9. The zero-order valence-corrected chi connectivity index (χ0v) is 13.8. The lowest BCUT2D eigenvalue weighted by molar-refractivity contribution is -0.129. The van der Waals surface area contributed by atoms with E-state index in [1.807, 2.05) is 13.8 Å². The molecule has 1 fully saturated rings. The zero-order valence-electron chi connectivity index (χ0n) is 13.8. The Bertz CT molecular complexity index is 713. The van der Waals surface area contributed by atoms with Gasteiger partial charge in [-0.2, -0.15) is 4.98 Å². The van der Waals surface area contributed by atoms with Crippen molar-refractivity contribution in [3.05, 3.63) is 53.2 Å². The van der Waals surface area contributed by atoms with Crippen LogP contribution in [-0.4, -0.2) is 40.0 Å². The Hall–Kier alpha value is -2.50. The zero-order chi connectivity index (χ0) is 17.1. The lowest BCUT2D eigenvalue weighted by atomic mass is 10.1. The molecule has 1 amide bonds. The van der Waals surface area contributed by atoms with Gasteiger partial charge >= 0.3 is 0 Å². The first-order chi connectivity index (χ1) is 11.5. The Kier molecular flexibility index (Phi) is 4.74. The van der Waals surface area contributed by atoms with E-state index >= 15 is 0 Å². The van der Waals surface area contributed by atoms with Gasteiger partial charge in [-0.05, 0) is 31.5 Å². The van der Waals surface area contributed by atoms with Crippen LogP contribution in [0.3, 0.4) is 0 Å². The maximum atomic E-state index is 12.9. The number of aromatic nitrogens is 2. The fourth-order valence-electron chi connectivity index (χ4n) is 2.85. The first-order valence-corrected chi connectivity index (χ1v) is 8.01. The summed E-state index contributed by atoms with van der Waals surface area (Å²) in [4.78, 5) is 22.6. The van der Waals surface area contributed by atoms with Crippen molar-refractivity contribution >= 4 is 5.91 Å². The van der Waals surface area contributed by atoms with Gasteiger partial charge in [-0.3, -0.25) is 4.79 Å². The Morgan fingerprint density at radius 1 is 1.29 bits per heavy atom. The minimum absolute atomic E-state index is 0.0303. The number of ether oxygens (including phenoxy) is 1. The molecule has 0 spiro atoms. The van der Waals surface area contributed by atoms with Crippen molar-refractivity contribution in [3.63, 3.8) is 0 Å². The molecule has 0 unspecified atom stereocenters. The molecular weight excluding hydrogens is 309 g/mol. The topological polar surface area (TPSA) is 55.3 Å².